The van der Waals surface area contributed by atoms with Gasteiger partial charge in [-0.25, -0.2) is 0 Å². The van der Waals surface area contributed by atoms with E-state index < -0.39 is 0 Å². The van der Waals surface area contributed by atoms with Crippen LogP contribution in [0.1, 0.15) is 57.5 Å². The van der Waals surface area contributed by atoms with Crippen molar-refractivity contribution in [2.75, 3.05) is 26.2 Å². The maximum Gasteiger partial charge on any atom is 0.261 e. The van der Waals surface area contributed by atoms with Gasteiger partial charge in [-0.1, -0.05) is 72.8 Å². The fraction of sp³-hybridized carbons (Fsp3) is 0.310. The highest BCUT2D eigenvalue weighted by Gasteiger charge is 2.38. The second kappa shape index (κ2) is 9.32. The summed E-state index contributed by atoms with van der Waals surface area (Å²) < 4.78 is 0. The van der Waals surface area contributed by atoms with E-state index in [9.17, 15) is 9.59 Å². The van der Waals surface area contributed by atoms with Crippen LogP contribution in [0, 0.1) is 0 Å². The number of imide groups is 1. The normalized spacial score (nSPS) is 17.9. The van der Waals surface area contributed by atoms with E-state index >= 15 is 0 Å². The van der Waals surface area contributed by atoms with Gasteiger partial charge in [0, 0.05) is 12.0 Å². The summed E-state index contributed by atoms with van der Waals surface area (Å²) in [5.74, 6) is -0.298. The highest BCUT2D eigenvalue weighted by atomic mass is 16.2. The third-order valence-electron chi connectivity index (χ3n) is 7.35. The van der Waals surface area contributed by atoms with Gasteiger partial charge in [0.1, 0.15) is 0 Å². The summed E-state index contributed by atoms with van der Waals surface area (Å²) in [6, 6.07) is 28.9. The average Bonchev–Trinajstić information content (AvgIpc) is 3.13. The minimum atomic E-state index is -0.149. The summed E-state index contributed by atoms with van der Waals surface area (Å²) in [5.41, 5.74) is 3.95. The number of carbonyl (C=O) groups is 2. The summed E-state index contributed by atoms with van der Waals surface area (Å²) in [4.78, 5) is 29.0. The molecule has 0 aliphatic carbocycles. The first kappa shape index (κ1) is 21.6. The number of piperidine rings is 1. The number of amides is 2. The highest BCUT2D eigenvalue weighted by Crippen LogP contribution is 2.41. The Morgan fingerprint density at radius 2 is 1.06 bits per heavy atom. The SMILES string of the molecule is O=C1c2ccccc2C(=O)N1CCCCN1CCC(c2ccccc2)(c2ccccc2)CC1. The predicted octanol–water partition coefficient (Wildman–Crippen LogP) is 5.14. The maximum absolute atomic E-state index is 12.5. The molecule has 0 bridgehead atoms. The molecule has 0 aromatic heterocycles. The Hall–Kier alpha value is -3.24. The van der Waals surface area contributed by atoms with Crippen LogP contribution in [0.5, 0.6) is 0 Å². The lowest BCUT2D eigenvalue weighted by atomic mass is 9.68. The van der Waals surface area contributed by atoms with E-state index in [2.05, 4.69) is 65.6 Å². The molecule has 168 valence electrons. The van der Waals surface area contributed by atoms with Crippen molar-refractivity contribution in [3.63, 3.8) is 0 Å². The molecule has 0 spiro atoms. The smallest absolute Gasteiger partial charge is 0.261 e. The number of fused-ring (bicyclic) bond motifs is 1. The molecule has 2 aliphatic heterocycles. The van der Waals surface area contributed by atoms with Gasteiger partial charge < -0.3 is 4.90 Å². The molecule has 2 heterocycles. The van der Waals surface area contributed by atoms with E-state index in [0.717, 1.165) is 45.3 Å². The van der Waals surface area contributed by atoms with Crippen LogP contribution < -0.4 is 0 Å². The molecular weight excluding hydrogens is 408 g/mol. The molecule has 0 atom stereocenters. The van der Waals surface area contributed by atoms with E-state index in [0.29, 0.717) is 17.7 Å². The van der Waals surface area contributed by atoms with Gasteiger partial charge in [-0.05, 0) is 68.6 Å². The Bertz CT molecular complexity index is 1040. The van der Waals surface area contributed by atoms with E-state index in [1.807, 2.05) is 12.1 Å². The summed E-state index contributed by atoms with van der Waals surface area (Å²) >= 11 is 0. The Morgan fingerprint density at radius 3 is 1.58 bits per heavy atom. The zero-order valence-electron chi connectivity index (χ0n) is 19.0. The summed E-state index contributed by atoms with van der Waals surface area (Å²) in [7, 11) is 0. The van der Waals surface area contributed by atoms with Crippen molar-refractivity contribution in [3.8, 4) is 0 Å². The Morgan fingerprint density at radius 1 is 0.606 bits per heavy atom. The molecule has 1 saturated heterocycles. The van der Waals surface area contributed by atoms with Crippen LogP contribution in [0.3, 0.4) is 0 Å². The summed E-state index contributed by atoms with van der Waals surface area (Å²) in [6.07, 6.45) is 4.01. The summed E-state index contributed by atoms with van der Waals surface area (Å²) in [6.45, 7) is 3.61. The van der Waals surface area contributed by atoms with Gasteiger partial charge in [-0.15, -0.1) is 0 Å². The van der Waals surface area contributed by atoms with Crippen LogP contribution >= 0.6 is 0 Å². The van der Waals surface area contributed by atoms with E-state index in [1.165, 1.54) is 16.0 Å². The first-order valence-electron chi connectivity index (χ1n) is 12.0. The van der Waals surface area contributed by atoms with Crippen LogP contribution in [-0.2, 0) is 5.41 Å². The first-order chi connectivity index (χ1) is 16.2. The largest absolute Gasteiger partial charge is 0.303 e. The minimum Gasteiger partial charge on any atom is -0.303 e. The number of rotatable bonds is 7. The van der Waals surface area contributed by atoms with Gasteiger partial charge >= 0.3 is 0 Å². The monoisotopic (exact) mass is 438 g/mol. The lowest BCUT2D eigenvalue weighted by molar-refractivity contribution is 0.0649. The fourth-order valence-electron chi connectivity index (χ4n) is 5.46. The lowest BCUT2D eigenvalue weighted by Crippen LogP contribution is -2.43. The molecule has 4 nitrogen and oxygen atoms in total. The number of hydrogen-bond acceptors (Lipinski definition) is 3. The van der Waals surface area contributed by atoms with Gasteiger partial charge in [-0.3, -0.25) is 14.5 Å². The molecule has 0 saturated carbocycles. The quantitative estimate of drug-likeness (QED) is 0.379. The second-order valence-corrected chi connectivity index (χ2v) is 9.17. The molecule has 2 aliphatic rings. The van der Waals surface area contributed by atoms with Crippen molar-refractivity contribution in [3.05, 3.63) is 107 Å². The zero-order chi connectivity index (χ0) is 22.7. The van der Waals surface area contributed by atoms with Crippen molar-refractivity contribution in [1.29, 1.82) is 0 Å². The molecule has 0 radical (unpaired) electrons. The second-order valence-electron chi connectivity index (χ2n) is 9.17. The van der Waals surface area contributed by atoms with Gasteiger partial charge in [0.2, 0.25) is 0 Å². The number of benzene rings is 3. The molecule has 2 amide bonds. The Labute approximate surface area is 195 Å². The van der Waals surface area contributed by atoms with Crippen molar-refractivity contribution in [1.82, 2.24) is 9.80 Å². The Kier molecular flexibility index (Phi) is 6.10. The van der Waals surface area contributed by atoms with E-state index in [4.69, 9.17) is 0 Å². The third-order valence-corrected chi connectivity index (χ3v) is 7.35. The van der Waals surface area contributed by atoms with Crippen molar-refractivity contribution < 1.29 is 9.59 Å². The van der Waals surface area contributed by atoms with Crippen LogP contribution in [-0.4, -0.2) is 47.8 Å². The molecule has 3 aromatic carbocycles. The lowest BCUT2D eigenvalue weighted by Gasteiger charge is -2.43. The third kappa shape index (κ3) is 4.11. The highest BCUT2D eigenvalue weighted by molar-refractivity contribution is 6.21. The molecule has 0 unspecified atom stereocenters. The number of unbranched alkanes of at least 4 members (excludes halogenated alkanes) is 1. The number of hydrogen-bond donors (Lipinski definition) is 0. The van der Waals surface area contributed by atoms with E-state index in [-0.39, 0.29) is 17.2 Å². The molecule has 33 heavy (non-hydrogen) atoms. The minimum absolute atomic E-state index is 0.0686. The van der Waals surface area contributed by atoms with Crippen LogP contribution in [0.4, 0.5) is 0 Å². The standard InChI is InChI=1S/C29H30N2O2/c32-27-25-15-7-8-16-26(25)28(33)31(27)20-10-9-19-30-21-17-29(18-22-30,23-11-3-1-4-12-23)24-13-5-2-6-14-24/h1-8,11-16H,9-10,17-22H2. The van der Waals surface area contributed by atoms with Crippen molar-refractivity contribution in [2.45, 2.75) is 31.1 Å². The number of likely N-dealkylation sites (tertiary alicyclic amines) is 1. The van der Waals surface area contributed by atoms with Crippen LogP contribution in [0.15, 0.2) is 84.9 Å². The Balaban J connectivity index is 1.16. The van der Waals surface area contributed by atoms with Gasteiger partial charge in [0.15, 0.2) is 0 Å². The van der Waals surface area contributed by atoms with Gasteiger partial charge in [0.25, 0.3) is 11.8 Å². The van der Waals surface area contributed by atoms with Crippen LogP contribution in [0.2, 0.25) is 0 Å². The fourth-order valence-corrected chi connectivity index (χ4v) is 5.46. The summed E-state index contributed by atoms with van der Waals surface area (Å²) in [5, 5.41) is 0. The number of carbonyl (C=O) groups excluding carboxylic acids is 2. The molecular formula is C29H30N2O2. The topological polar surface area (TPSA) is 40.6 Å². The molecule has 1 fully saturated rings. The maximum atomic E-state index is 12.5. The van der Waals surface area contributed by atoms with Gasteiger partial charge in [-0.2, -0.15) is 0 Å². The molecule has 3 aromatic rings. The molecule has 0 N–H and O–H groups in total. The number of nitrogens with zero attached hydrogens (tertiary/aromatic N) is 2. The van der Waals surface area contributed by atoms with Crippen molar-refractivity contribution >= 4 is 11.8 Å². The van der Waals surface area contributed by atoms with Crippen molar-refractivity contribution in [2.24, 2.45) is 0 Å². The molecule has 4 heteroatoms. The van der Waals surface area contributed by atoms with Gasteiger partial charge in [0.05, 0.1) is 11.1 Å². The van der Waals surface area contributed by atoms with E-state index in [1.54, 1.807) is 12.1 Å². The predicted molar refractivity (Wildman–Crippen MR) is 130 cm³/mol. The first-order valence-corrected chi connectivity index (χ1v) is 12.0. The van der Waals surface area contributed by atoms with Crippen LogP contribution in [0.25, 0.3) is 0 Å². The average molecular weight is 439 g/mol. The zero-order valence-corrected chi connectivity index (χ0v) is 19.0. The molecule has 5 rings (SSSR count).